The van der Waals surface area contributed by atoms with E-state index in [1.165, 1.54) is 31.7 Å². The molecule has 2 atom stereocenters. The van der Waals surface area contributed by atoms with Gasteiger partial charge >= 0.3 is 5.97 Å². The van der Waals surface area contributed by atoms with Gasteiger partial charge in [-0.2, -0.15) is 0 Å². The molecule has 1 aromatic heterocycles. The molecule has 1 aromatic rings. The summed E-state index contributed by atoms with van der Waals surface area (Å²) in [7, 11) is 0. The van der Waals surface area contributed by atoms with Crippen LogP contribution in [0.1, 0.15) is 57.9 Å². The minimum Gasteiger partial charge on any atom is -0.477 e. The van der Waals surface area contributed by atoms with E-state index >= 15 is 0 Å². The summed E-state index contributed by atoms with van der Waals surface area (Å²) < 4.78 is 0. The number of carbonyl (C=O) groups is 2. The first-order valence-electron chi connectivity index (χ1n) is 7.31. The number of thiophene rings is 1. The molecule has 2 heterocycles. The van der Waals surface area contributed by atoms with Gasteiger partial charge in [-0.3, -0.25) is 4.79 Å². The zero-order valence-corrected chi connectivity index (χ0v) is 12.2. The number of aromatic carboxylic acids is 1. The molecule has 108 valence electrons. The summed E-state index contributed by atoms with van der Waals surface area (Å²) in [6, 6.07) is 3.56. The fraction of sp³-hybridized carbons (Fsp3) is 0.600. The van der Waals surface area contributed by atoms with E-state index in [9.17, 15) is 9.59 Å². The lowest BCUT2D eigenvalue weighted by Gasteiger charge is -2.44. The third-order valence-corrected chi connectivity index (χ3v) is 5.59. The number of carboxylic acid groups (broad SMARTS) is 1. The van der Waals surface area contributed by atoms with Gasteiger partial charge in [0.15, 0.2) is 0 Å². The Morgan fingerprint density at radius 1 is 1.10 bits per heavy atom. The Morgan fingerprint density at radius 2 is 1.80 bits per heavy atom. The second kappa shape index (κ2) is 5.56. The lowest BCUT2D eigenvalue weighted by Crippen LogP contribution is -2.49. The van der Waals surface area contributed by atoms with E-state index in [-0.39, 0.29) is 10.8 Å². The molecule has 1 saturated carbocycles. The van der Waals surface area contributed by atoms with E-state index in [1.54, 1.807) is 6.07 Å². The molecule has 20 heavy (non-hydrogen) atoms. The van der Waals surface area contributed by atoms with E-state index in [0.717, 1.165) is 30.7 Å². The normalized spacial score (nSPS) is 26.1. The molecule has 5 heteroatoms. The van der Waals surface area contributed by atoms with Crippen LogP contribution in [-0.4, -0.2) is 34.5 Å². The molecular formula is C15H19NO3S. The molecule has 0 radical (unpaired) electrons. The van der Waals surface area contributed by atoms with Crippen molar-refractivity contribution in [3.05, 3.63) is 21.9 Å². The fourth-order valence-corrected chi connectivity index (χ4v) is 4.39. The number of fused-ring (bicyclic) bond motifs is 1. The van der Waals surface area contributed by atoms with Crippen molar-refractivity contribution in [2.45, 2.75) is 44.6 Å². The minimum atomic E-state index is -0.955. The van der Waals surface area contributed by atoms with Crippen LogP contribution in [0.2, 0.25) is 0 Å². The van der Waals surface area contributed by atoms with Crippen LogP contribution in [0.15, 0.2) is 12.1 Å². The highest BCUT2D eigenvalue weighted by Crippen LogP contribution is 2.36. The van der Waals surface area contributed by atoms with Gasteiger partial charge in [0, 0.05) is 12.6 Å². The summed E-state index contributed by atoms with van der Waals surface area (Å²) in [5.74, 6) is -0.275. The number of carbonyl (C=O) groups excluding carboxylic acids is 1. The van der Waals surface area contributed by atoms with E-state index in [0.29, 0.717) is 16.8 Å². The number of amides is 1. The predicted octanol–water partition coefficient (Wildman–Crippen LogP) is 3.24. The highest BCUT2D eigenvalue weighted by Gasteiger charge is 2.36. The second-order valence-electron chi connectivity index (χ2n) is 5.72. The van der Waals surface area contributed by atoms with Gasteiger partial charge in [-0.25, -0.2) is 4.79 Å². The highest BCUT2D eigenvalue weighted by atomic mass is 32.1. The molecule has 3 rings (SSSR count). The number of carboxylic acids is 1. The van der Waals surface area contributed by atoms with Crippen LogP contribution in [0.3, 0.4) is 0 Å². The largest absolute Gasteiger partial charge is 0.477 e. The van der Waals surface area contributed by atoms with E-state index in [2.05, 4.69) is 0 Å². The number of nitrogens with zero attached hydrogens (tertiary/aromatic N) is 1. The van der Waals surface area contributed by atoms with Crippen molar-refractivity contribution >= 4 is 23.2 Å². The standard InChI is InChI=1S/C15H19NO3S/c17-14(12-7-8-13(20-12)15(18)19)16-9-3-5-10-4-1-2-6-11(10)16/h7-8,10-11H,1-6,9H2,(H,18,19). The third kappa shape index (κ3) is 2.46. The van der Waals surface area contributed by atoms with Crippen LogP contribution in [0.4, 0.5) is 0 Å². The van der Waals surface area contributed by atoms with E-state index in [4.69, 9.17) is 5.11 Å². The van der Waals surface area contributed by atoms with Crippen molar-refractivity contribution in [2.75, 3.05) is 6.54 Å². The lowest BCUT2D eigenvalue weighted by atomic mass is 9.78. The van der Waals surface area contributed by atoms with Crippen LogP contribution in [0.5, 0.6) is 0 Å². The molecule has 0 aromatic carbocycles. The van der Waals surface area contributed by atoms with Gasteiger partial charge in [0.05, 0.1) is 4.88 Å². The monoisotopic (exact) mass is 293 g/mol. The molecule has 1 amide bonds. The second-order valence-corrected chi connectivity index (χ2v) is 6.81. The van der Waals surface area contributed by atoms with Crippen molar-refractivity contribution in [1.29, 1.82) is 0 Å². The van der Waals surface area contributed by atoms with E-state index in [1.807, 2.05) is 4.90 Å². The smallest absolute Gasteiger partial charge is 0.345 e. The molecule has 0 spiro atoms. The Labute approximate surface area is 122 Å². The zero-order chi connectivity index (χ0) is 14.1. The average molecular weight is 293 g/mol. The van der Waals surface area contributed by atoms with Gasteiger partial charge in [0.2, 0.25) is 0 Å². The summed E-state index contributed by atoms with van der Waals surface area (Å²) in [4.78, 5) is 26.4. The van der Waals surface area contributed by atoms with Gasteiger partial charge in [-0.15, -0.1) is 11.3 Å². The Balaban J connectivity index is 1.79. The number of rotatable bonds is 2. The third-order valence-electron chi connectivity index (χ3n) is 4.53. The molecule has 1 aliphatic carbocycles. The molecule has 2 fully saturated rings. The van der Waals surface area contributed by atoms with Crippen LogP contribution in [-0.2, 0) is 0 Å². The van der Waals surface area contributed by atoms with Crippen LogP contribution in [0, 0.1) is 5.92 Å². The highest BCUT2D eigenvalue weighted by molar-refractivity contribution is 7.15. The molecule has 0 bridgehead atoms. The Morgan fingerprint density at radius 3 is 2.55 bits per heavy atom. The Hall–Kier alpha value is -1.36. The maximum atomic E-state index is 12.6. The summed E-state index contributed by atoms with van der Waals surface area (Å²) in [5.41, 5.74) is 0. The topological polar surface area (TPSA) is 57.6 Å². The number of hydrogen-bond acceptors (Lipinski definition) is 3. The quantitative estimate of drug-likeness (QED) is 0.910. The lowest BCUT2D eigenvalue weighted by molar-refractivity contribution is 0.0395. The van der Waals surface area contributed by atoms with Crippen molar-refractivity contribution in [3.8, 4) is 0 Å². The summed E-state index contributed by atoms with van der Waals surface area (Å²) in [6.45, 7) is 0.820. The maximum absolute atomic E-state index is 12.6. The SMILES string of the molecule is O=C(O)c1ccc(C(=O)N2CCCC3CCCCC32)s1. The van der Waals surface area contributed by atoms with Gasteiger partial charge in [0.25, 0.3) is 5.91 Å². The number of hydrogen-bond donors (Lipinski definition) is 1. The summed E-state index contributed by atoms with van der Waals surface area (Å²) in [6.07, 6.45) is 7.14. The zero-order valence-electron chi connectivity index (χ0n) is 11.4. The first-order valence-corrected chi connectivity index (χ1v) is 8.12. The van der Waals surface area contributed by atoms with Gasteiger partial charge in [-0.1, -0.05) is 12.8 Å². The number of likely N-dealkylation sites (tertiary alicyclic amines) is 1. The molecule has 2 aliphatic rings. The van der Waals surface area contributed by atoms with E-state index < -0.39 is 5.97 Å². The fourth-order valence-electron chi connectivity index (χ4n) is 3.59. The Kier molecular flexibility index (Phi) is 3.78. The molecule has 1 saturated heterocycles. The molecule has 1 aliphatic heterocycles. The first-order chi connectivity index (χ1) is 9.66. The Bertz CT molecular complexity index is 523. The van der Waals surface area contributed by atoms with Crippen molar-refractivity contribution in [1.82, 2.24) is 4.90 Å². The van der Waals surface area contributed by atoms with Crippen LogP contribution < -0.4 is 0 Å². The van der Waals surface area contributed by atoms with Crippen LogP contribution in [0.25, 0.3) is 0 Å². The predicted molar refractivity (Wildman–Crippen MR) is 77.3 cm³/mol. The molecule has 4 nitrogen and oxygen atoms in total. The molecular weight excluding hydrogens is 274 g/mol. The average Bonchev–Trinajstić information content (AvgIpc) is 2.96. The van der Waals surface area contributed by atoms with Crippen molar-refractivity contribution in [2.24, 2.45) is 5.92 Å². The van der Waals surface area contributed by atoms with Crippen LogP contribution >= 0.6 is 11.3 Å². The molecule has 2 unspecified atom stereocenters. The number of piperidine rings is 1. The maximum Gasteiger partial charge on any atom is 0.345 e. The summed E-state index contributed by atoms with van der Waals surface area (Å²) in [5, 5.41) is 8.96. The summed E-state index contributed by atoms with van der Waals surface area (Å²) >= 11 is 1.09. The van der Waals surface area contributed by atoms with Gasteiger partial charge < -0.3 is 10.0 Å². The van der Waals surface area contributed by atoms with Crippen molar-refractivity contribution < 1.29 is 14.7 Å². The first kappa shape index (κ1) is 13.6. The minimum absolute atomic E-state index is 0.0269. The van der Waals surface area contributed by atoms with Crippen molar-refractivity contribution in [3.63, 3.8) is 0 Å². The van der Waals surface area contributed by atoms with Gasteiger partial charge in [0.1, 0.15) is 4.88 Å². The molecule has 1 N–H and O–H groups in total. The van der Waals surface area contributed by atoms with Gasteiger partial charge in [-0.05, 0) is 43.7 Å².